The number of fused-ring (bicyclic) bond motifs is 6. The van der Waals surface area contributed by atoms with Gasteiger partial charge in [0.2, 0.25) is 0 Å². The minimum atomic E-state index is 0.943. The van der Waals surface area contributed by atoms with Crippen molar-refractivity contribution in [3.63, 3.8) is 0 Å². The van der Waals surface area contributed by atoms with E-state index in [1.54, 1.807) is 0 Å². The molecular weight excluding hydrogens is 725 g/mol. The summed E-state index contributed by atoms with van der Waals surface area (Å²) >= 11 is 0. The highest BCUT2D eigenvalue weighted by atomic mass is 15.0. The van der Waals surface area contributed by atoms with Crippen molar-refractivity contribution in [3.8, 4) is 45.9 Å². The lowest BCUT2D eigenvalue weighted by atomic mass is 9.89. The first-order valence-electron chi connectivity index (χ1n) is 22.1. The molecule has 0 bridgehead atoms. The van der Waals surface area contributed by atoms with Crippen LogP contribution in [-0.4, -0.2) is 9.13 Å². The van der Waals surface area contributed by atoms with Gasteiger partial charge in [-0.05, 0) is 84.6 Å². The topological polar surface area (TPSA) is 9.86 Å². The van der Waals surface area contributed by atoms with Crippen LogP contribution >= 0.6 is 0 Å². The Balaban J connectivity index is 1.45. The Bertz CT molecular complexity index is 2820. The molecule has 2 nitrogen and oxygen atoms in total. The van der Waals surface area contributed by atoms with E-state index in [2.05, 4.69) is 192 Å². The van der Waals surface area contributed by atoms with E-state index in [9.17, 15) is 0 Å². The fourth-order valence-corrected chi connectivity index (χ4v) is 9.09. The fourth-order valence-electron chi connectivity index (χ4n) is 9.09. The number of aryl methyl sites for hydroxylation is 2. The van der Waals surface area contributed by atoms with Crippen molar-refractivity contribution in [2.24, 2.45) is 0 Å². The minimum absolute atomic E-state index is 0.943. The first-order valence-corrected chi connectivity index (χ1v) is 22.1. The van der Waals surface area contributed by atoms with Crippen molar-refractivity contribution in [2.45, 2.75) is 78.3 Å². The molecule has 0 radical (unpaired) electrons. The van der Waals surface area contributed by atoms with E-state index in [1.165, 1.54) is 104 Å². The zero-order valence-electron chi connectivity index (χ0n) is 35.0. The van der Waals surface area contributed by atoms with Crippen LogP contribution in [-0.2, 0) is 13.1 Å². The number of aromatic nitrogens is 2. The highest BCUT2D eigenvalue weighted by Crippen LogP contribution is 2.51. The van der Waals surface area contributed by atoms with Gasteiger partial charge in [0.25, 0.3) is 0 Å². The summed E-state index contributed by atoms with van der Waals surface area (Å²) < 4.78 is 5.32. The predicted octanol–water partition coefficient (Wildman–Crippen LogP) is 15.2. The molecule has 0 saturated heterocycles. The van der Waals surface area contributed by atoms with Gasteiger partial charge < -0.3 is 9.13 Å². The Labute approximate surface area is 355 Å². The van der Waals surface area contributed by atoms with E-state index in [-0.39, 0.29) is 0 Å². The third kappa shape index (κ3) is 7.75. The number of benzene rings is 7. The van der Waals surface area contributed by atoms with Crippen LogP contribution in [0.1, 0.15) is 87.5 Å². The van der Waals surface area contributed by atoms with E-state index >= 15 is 0 Å². The van der Waals surface area contributed by atoms with Gasteiger partial charge in [0, 0.05) is 79.0 Å². The summed E-state index contributed by atoms with van der Waals surface area (Å²) in [5.41, 5.74) is 14.3. The molecule has 294 valence electrons. The Kier molecular flexibility index (Phi) is 11.7. The Morgan fingerprint density at radius 2 is 0.733 bits per heavy atom. The smallest absolute Gasteiger partial charge is 0.0585 e. The molecule has 60 heavy (non-hydrogen) atoms. The lowest BCUT2D eigenvalue weighted by Gasteiger charge is -2.18. The van der Waals surface area contributed by atoms with Crippen molar-refractivity contribution in [1.82, 2.24) is 9.13 Å². The highest BCUT2D eigenvalue weighted by Gasteiger charge is 2.28. The lowest BCUT2D eigenvalue weighted by Crippen LogP contribution is -2.02. The van der Waals surface area contributed by atoms with Gasteiger partial charge in [0.1, 0.15) is 0 Å². The number of nitrogens with zero attached hydrogens (tertiary/aromatic N) is 2. The zero-order chi connectivity index (χ0) is 40.7. The van der Waals surface area contributed by atoms with Gasteiger partial charge in [-0.3, -0.25) is 0 Å². The molecule has 0 spiro atoms. The summed E-state index contributed by atoms with van der Waals surface area (Å²) in [5, 5.41) is 5.14. The second-order valence-electron chi connectivity index (χ2n) is 16.0. The van der Waals surface area contributed by atoms with Gasteiger partial charge in [-0.2, -0.15) is 0 Å². The van der Waals surface area contributed by atoms with Crippen molar-refractivity contribution in [3.05, 3.63) is 180 Å². The SMILES string of the molecule is CCCCCCn1c2ccc(C#Cc3ccccc3)cc2c2c(-c3ccccc3)c3c(c(-c4ccccc4)c21)c1cc(C#Cc2ccccc2)ccc1n3CCCCCC. The normalized spacial score (nSPS) is 11.2. The third-order valence-electron chi connectivity index (χ3n) is 11.9. The molecule has 9 rings (SSSR count). The quantitative estimate of drug-likeness (QED) is 0.0864. The Hall–Kier alpha value is -6.74. The van der Waals surface area contributed by atoms with Crippen molar-refractivity contribution < 1.29 is 0 Å². The predicted molar refractivity (Wildman–Crippen MR) is 256 cm³/mol. The van der Waals surface area contributed by atoms with E-state index in [1.807, 2.05) is 12.1 Å². The molecule has 7 aromatic carbocycles. The average Bonchev–Trinajstić information content (AvgIpc) is 3.79. The van der Waals surface area contributed by atoms with E-state index in [4.69, 9.17) is 0 Å². The first kappa shape index (κ1) is 38.8. The number of rotatable bonds is 12. The first-order chi connectivity index (χ1) is 29.7. The standard InChI is InChI=1S/C58H52N2/c1-3-5-7-21-39-59-51-37-35-45(33-31-43-23-13-9-14-24-43)41-49(51)55-54(48-29-19-12-20-30-48)58-56(53(57(55)59)47-27-17-11-18-28-47)50-42-46(34-32-44-25-15-10-16-26-44)36-38-52(50)60(58)40-22-8-6-4-2/h9-20,23-30,35-38,41-42H,3-8,21-22,39-40H2,1-2H3. The summed E-state index contributed by atoms with van der Waals surface area (Å²) in [7, 11) is 0. The Morgan fingerprint density at radius 3 is 1.12 bits per heavy atom. The minimum Gasteiger partial charge on any atom is -0.340 e. The second kappa shape index (κ2) is 18.0. The molecule has 9 aromatic rings. The van der Waals surface area contributed by atoms with Gasteiger partial charge >= 0.3 is 0 Å². The summed E-state index contributed by atoms with van der Waals surface area (Å²) in [6, 6.07) is 56.9. The van der Waals surface area contributed by atoms with Crippen molar-refractivity contribution >= 4 is 43.6 Å². The van der Waals surface area contributed by atoms with E-state index < -0.39 is 0 Å². The molecule has 0 unspecified atom stereocenters. The van der Waals surface area contributed by atoms with Gasteiger partial charge in [0.05, 0.1) is 11.0 Å². The molecule has 0 aliphatic carbocycles. The molecule has 0 aliphatic rings. The van der Waals surface area contributed by atoms with Crippen LogP contribution in [0.2, 0.25) is 0 Å². The molecule has 0 atom stereocenters. The Morgan fingerprint density at radius 1 is 0.367 bits per heavy atom. The molecule has 2 aromatic heterocycles. The molecule has 2 heterocycles. The molecular formula is C58H52N2. The molecule has 0 N–H and O–H groups in total. The average molecular weight is 777 g/mol. The molecule has 2 heteroatoms. The maximum absolute atomic E-state index is 3.56. The monoisotopic (exact) mass is 776 g/mol. The van der Waals surface area contributed by atoms with Crippen LogP contribution in [0.4, 0.5) is 0 Å². The maximum Gasteiger partial charge on any atom is 0.0585 e. The maximum atomic E-state index is 3.56. The van der Waals surface area contributed by atoms with Gasteiger partial charge in [0.15, 0.2) is 0 Å². The van der Waals surface area contributed by atoms with Crippen molar-refractivity contribution in [2.75, 3.05) is 0 Å². The van der Waals surface area contributed by atoms with Crippen molar-refractivity contribution in [1.29, 1.82) is 0 Å². The molecule has 0 fully saturated rings. The van der Waals surface area contributed by atoms with Crippen LogP contribution in [0.5, 0.6) is 0 Å². The number of hydrogen-bond acceptors (Lipinski definition) is 0. The summed E-state index contributed by atoms with van der Waals surface area (Å²) in [6.07, 6.45) is 9.52. The number of unbranched alkanes of at least 4 members (excludes halogenated alkanes) is 6. The molecule has 0 saturated carbocycles. The van der Waals surface area contributed by atoms with Crippen LogP contribution in [0.25, 0.3) is 65.9 Å². The highest BCUT2D eigenvalue weighted by molar-refractivity contribution is 6.32. The molecule has 0 aliphatic heterocycles. The third-order valence-corrected chi connectivity index (χ3v) is 11.9. The number of hydrogen-bond donors (Lipinski definition) is 0. The lowest BCUT2D eigenvalue weighted by molar-refractivity contribution is 0.602. The van der Waals surface area contributed by atoms with E-state index in [0.29, 0.717) is 0 Å². The van der Waals surface area contributed by atoms with Gasteiger partial charge in [-0.15, -0.1) is 0 Å². The zero-order valence-corrected chi connectivity index (χ0v) is 35.0. The molecule has 0 amide bonds. The van der Waals surface area contributed by atoms with Crippen LogP contribution in [0.3, 0.4) is 0 Å². The van der Waals surface area contributed by atoms with Crippen LogP contribution < -0.4 is 0 Å². The van der Waals surface area contributed by atoms with Gasteiger partial charge in [-0.25, -0.2) is 0 Å². The van der Waals surface area contributed by atoms with E-state index in [0.717, 1.165) is 48.2 Å². The largest absolute Gasteiger partial charge is 0.340 e. The van der Waals surface area contributed by atoms with Gasteiger partial charge in [-0.1, -0.05) is 173 Å². The second-order valence-corrected chi connectivity index (χ2v) is 16.0. The summed E-state index contributed by atoms with van der Waals surface area (Å²) in [6.45, 7) is 6.48. The fraction of sp³-hybridized carbons (Fsp3) is 0.207. The van der Waals surface area contributed by atoms with Crippen LogP contribution in [0.15, 0.2) is 158 Å². The van der Waals surface area contributed by atoms with Crippen LogP contribution in [0, 0.1) is 23.7 Å². The summed E-state index contributed by atoms with van der Waals surface area (Å²) in [5.74, 6) is 14.0. The summed E-state index contributed by atoms with van der Waals surface area (Å²) in [4.78, 5) is 0.